The Kier molecular flexibility index (Phi) is 8.55. The zero-order valence-corrected chi connectivity index (χ0v) is 23.3. The van der Waals surface area contributed by atoms with E-state index in [1.54, 1.807) is 19.1 Å². The molecule has 1 unspecified atom stereocenters. The van der Waals surface area contributed by atoms with Crippen LogP contribution in [0.5, 0.6) is 11.5 Å². The van der Waals surface area contributed by atoms with Crippen molar-refractivity contribution in [1.29, 1.82) is 0 Å². The van der Waals surface area contributed by atoms with Crippen molar-refractivity contribution in [1.82, 2.24) is 29.9 Å². The van der Waals surface area contributed by atoms with Crippen LogP contribution in [-0.2, 0) is 11.2 Å². The van der Waals surface area contributed by atoms with E-state index in [2.05, 4.69) is 25.2 Å². The van der Waals surface area contributed by atoms with Crippen molar-refractivity contribution in [2.45, 2.75) is 19.3 Å². The number of benzene rings is 2. The van der Waals surface area contributed by atoms with Gasteiger partial charge in [0.1, 0.15) is 24.9 Å². The van der Waals surface area contributed by atoms with E-state index in [1.165, 1.54) is 44.6 Å². The van der Waals surface area contributed by atoms with Gasteiger partial charge in [-0.15, -0.1) is 5.10 Å². The van der Waals surface area contributed by atoms with Gasteiger partial charge in [-0.1, -0.05) is 35.5 Å². The number of alkyl halides is 1. The number of aromatic amines is 1. The molecule has 1 N–H and O–H groups in total. The molecule has 0 radical (unpaired) electrons. The molecule has 14 heteroatoms. The van der Waals surface area contributed by atoms with Crippen LogP contribution in [0, 0.1) is 12.7 Å². The van der Waals surface area contributed by atoms with Crippen LogP contribution in [0.15, 0.2) is 63.9 Å². The van der Waals surface area contributed by atoms with Gasteiger partial charge in [0.25, 0.3) is 0 Å². The third kappa shape index (κ3) is 6.27. The monoisotopic (exact) mass is 592 g/mol. The molecule has 0 saturated carbocycles. The van der Waals surface area contributed by atoms with E-state index >= 15 is 4.39 Å². The normalized spacial score (nSPS) is 11.7. The SMILES string of the molecule is COC(=O)c1cccc(-n2nc(C(Cc3ccc(-c4noc(C)n4)cc3)c3cc(OC)cc(OCCF)c3F)[nH]c2=O)n1. The number of pyridine rings is 1. The molecule has 3 aromatic heterocycles. The Balaban J connectivity index is 1.59. The van der Waals surface area contributed by atoms with E-state index in [1.807, 2.05) is 12.1 Å². The van der Waals surface area contributed by atoms with Crippen molar-refractivity contribution in [3.05, 3.63) is 99.4 Å². The molecule has 43 heavy (non-hydrogen) atoms. The topological polar surface area (TPSA) is 147 Å². The number of carbonyl (C=O) groups excluding carboxylic acids is 1. The zero-order chi connectivity index (χ0) is 30.5. The summed E-state index contributed by atoms with van der Waals surface area (Å²) in [6, 6.07) is 14.4. The fourth-order valence-corrected chi connectivity index (χ4v) is 4.43. The quantitative estimate of drug-likeness (QED) is 0.224. The standard InChI is InChI=1S/C29H26F2N6O6/c1-16-32-26(36-43-16)18-9-7-17(8-10-18)13-21(20-14-19(40-2)15-23(25(20)31)42-12-11-30)27-34-29(39)37(35-27)24-6-4-5-22(33-24)28(38)41-3/h4-10,14-15,21H,11-13H2,1-3H3,(H,34,35,39). The Labute approximate surface area is 243 Å². The van der Waals surface area contributed by atoms with Crippen LogP contribution in [0.3, 0.4) is 0 Å². The van der Waals surface area contributed by atoms with Gasteiger partial charge in [-0.3, -0.25) is 4.98 Å². The molecule has 0 spiro atoms. The van der Waals surface area contributed by atoms with Crippen LogP contribution >= 0.6 is 0 Å². The van der Waals surface area contributed by atoms with E-state index in [9.17, 15) is 14.0 Å². The number of aromatic nitrogens is 6. The number of hydrogen-bond donors (Lipinski definition) is 1. The van der Waals surface area contributed by atoms with Crippen LogP contribution < -0.4 is 15.2 Å². The molecular weight excluding hydrogens is 566 g/mol. The van der Waals surface area contributed by atoms with Crippen LogP contribution in [-0.4, -0.2) is 63.4 Å². The highest BCUT2D eigenvalue weighted by Gasteiger charge is 2.27. The van der Waals surface area contributed by atoms with Crippen molar-refractivity contribution in [3.63, 3.8) is 0 Å². The number of hydrogen-bond acceptors (Lipinski definition) is 10. The first-order valence-corrected chi connectivity index (χ1v) is 13.0. The molecule has 0 amide bonds. The third-order valence-corrected chi connectivity index (χ3v) is 6.48. The number of H-pyrrole nitrogens is 1. The number of methoxy groups -OCH3 is 2. The smallest absolute Gasteiger partial charge is 0.356 e. The van der Waals surface area contributed by atoms with Gasteiger partial charge in [0.05, 0.1) is 20.1 Å². The average Bonchev–Trinajstić information content (AvgIpc) is 3.64. The summed E-state index contributed by atoms with van der Waals surface area (Å²) in [6.07, 6.45) is 0.167. The highest BCUT2D eigenvalue weighted by Crippen LogP contribution is 2.36. The number of esters is 1. The molecule has 12 nitrogen and oxygen atoms in total. The average molecular weight is 593 g/mol. The zero-order valence-electron chi connectivity index (χ0n) is 23.3. The first kappa shape index (κ1) is 29.1. The number of ether oxygens (including phenoxy) is 3. The molecule has 2 aromatic carbocycles. The summed E-state index contributed by atoms with van der Waals surface area (Å²) in [7, 11) is 2.62. The summed E-state index contributed by atoms with van der Waals surface area (Å²) in [6.45, 7) is 0.501. The molecule has 222 valence electrons. The lowest BCUT2D eigenvalue weighted by atomic mass is 9.90. The molecule has 0 aliphatic heterocycles. The second-order valence-electron chi connectivity index (χ2n) is 9.26. The van der Waals surface area contributed by atoms with Crippen LogP contribution in [0.1, 0.15) is 39.2 Å². The fraction of sp³-hybridized carbons (Fsp3) is 0.241. The van der Waals surface area contributed by atoms with Gasteiger partial charge in [-0.2, -0.15) is 9.67 Å². The highest BCUT2D eigenvalue weighted by atomic mass is 19.1. The summed E-state index contributed by atoms with van der Waals surface area (Å²) >= 11 is 0. The van der Waals surface area contributed by atoms with Crippen molar-refractivity contribution >= 4 is 5.97 Å². The Morgan fingerprint density at radius 2 is 1.91 bits per heavy atom. The number of rotatable bonds is 11. The second-order valence-corrected chi connectivity index (χ2v) is 9.26. The van der Waals surface area contributed by atoms with E-state index in [0.29, 0.717) is 17.3 Å². The minimum Gasteiger partial charge on any atom is -0.497 e. The summed E-state index contributed by atoms with van der Waals surface area (Å²) in [5.74, 6) is -1.31. The predicted octanol–water partition coefficient (Wildman–Crippen LogP) is 3.97. The molecule has 5 rings (SSSR count). The summed E-state index contributed by atoms with van der Waals surface area (Å²) < 4.78 is 50.2. The van der Waals surface area contributed by atoms with Gasteiger partial charge < -0.3 is 18.7 Å². The fourth-order valence-electron chi connectivity index (χ4n) is 4.43. The first-order chi connectivity index (χ1) is 20.8. The van der Waals surface area contributed by atoms with Crippen molar-refractivity contribution in [2.75, 3.05) is 27.5 Å². The lowest BCUT2D eigenvalue weighted by molar-refractivity contribution is 0.0594. The predicted molar refractivity (Wildman–Crippen MR) is 148 cm³/mol. The van der Waals surface area contributed by atoms with Crippen molar-refractivity contribution in [2.24, 2.45) is 0 Å². The van der Waals surface area contributed by atoms with E-state index in [-0.39, 0.29) is 47.4 Å². The number of carbonyl (C=O) groups is 1. The summed E-state index contributed by atoms with van der Waals surface area (Å²) in [5.41, 5.74) is 0.848. The summed E-state index contributed by atoms with van der Waals surface area (Å²) in [5, 5.41) is 8.35. The van der Waals surface area contributed by atoms with Crippen LogP contribution in [0.25, 0.3) is 17.2 Å². The largest absolute Gasteiger partial charge is 0.497 e. The van der Waals surface area contributed by atoms with Gasteiger partial charge in [0.2, 0.25) is 11.7 Å². The van der Waals surface area contributed by atoms with E-state index in [4.69, 9.17) is 18.7 Å². The molecular formula is C29H26F2N6O6. The van der Waals surface area contributed by atoms with Gasteiger partial charge in [0, 0.05) is 24.1 Å². The lowest BCUT2D eigenvalue weighted by Crippen LogP contribution is -2.18. The molecule has 0 saturated heterocycles. The van der Waals surface area contributed by atoms with Gasteiger partial charge in [-0.25, -0.2) is 23.4 Å². The van der Waals surface area contributed by atoms with Crippen molar-refractivity contribution in [3.8, 4) is 28.7 Å². The number of nitrogens with zero attached hydrogens (tertiary/aromatic N) is 5. The third-order valence-electron chi connectivity index (χ3n) is 6.48. The molecule has 0 bridgehead atoms. The number of aryl methyl sites for hydroxylation is 1. The Morgan fingerprint density at radius 1 is 1.12 bits per heavy atom. The Hall–Kier alpha value is -5.40. The lowest BCUT2D eigenvalue weighted by Gasteiger charge is -2.19. The van der Waals surface area contributed by atoms with E-state index < -0.39 is 30.1 Å². The molecule has 3 heterocycles. The van der Waals surface area contributed by atoms with Gasteiger partial charge >= 0.3 is 11.7 Å². The molecule has 0 aliphatic rings. The maximum atomic E-state index is 15.9. The Morgan fingerprint density at radius 3 is 2.58 bits per heavy atom. The van der Waals surface area contributed by atoms with Crippen LogP contribution in [0.2, 0.25) is 0 Å². The molecule has 0 aliphatic carbocycles. The van der Waals surface area contributed by atoms with Gasteiger partial charge in [-0.05, 0) is 30.2 Å². The number of halogens is 2. The molecule has 1 atom stereocenters. The van der Waals surface area contributed by atoms with Gasteiger partial charge in [0.15, 0.2) is 23.1 Å². The number of nitrogens with one attached hydrogen (secondary N) is 1. The second kappa shape index (κ2) is 12.6. The van der Waals surface area contributed by atoms with Crippen LogP contribution in [0.4, 0.5) is 8.78 Å². The first-order valence-electron chi connectivity index (χ1n) is 13.0. The maximum absolute atomic E-state index is 15.9. The Bertz CT molecular complexity index is 1800. The summed E-state index contributed by atoms with van der Waals surface area (Å²) in [4.78, 5) is 36.2. The molecule has 0 fully saturated rings. The van der Waals surface area contributed by atoms with Crippen molar-refractivity contribution < 1.29 is 32.3 Å². The highest BCUT2D eigenvalue weighted by molar-refractivity contribution is 5.87. The minimum absolute atomic E-state index is 0.0293. The maximum Gasteiger partial charge on any atom is 0.356 e. The minimum atomic E-state index is -0.876. The molecule has 5 aromatic rings. The van der Waals surface area contributed by atoms with E-state index in [0.717, 1.165) is 10.2 Å².